The van der Waals surface area contributed by atoms with Crippen molar-refractivity contribution in [1.29, 1.82) is 0 Å². The molecule has 28 heavy (non-hydrogen) atoms. The van der Waals surface area contributed by atoms with E-state index in [4.69, 9.17) is 4.42 Å². The number of aliphatic imine (C=N–C) groups is 1. The predicted molar refractivity (Wildman–Crippen MR) is 103 cm³/mol. The average molecular weight is 396 g/mol. The summed E-state index contributed by atoms with van der Waals surface area (Å²) in [7, 11) is 1.63. The molecular formula is C18H16N6O3S. The van der Waals surface area contributed by atoms with E-state index in [0.717, 1.165) is 11.0 Å². The largest absolute Gasteiger partial charge is 0.467 e. The van der Waals surface area contributed by atoms with Gasteiger partial charge in [-0.15, -0.1) is 0 Å². The van der Waals surface area contributed by atoms with Crippen molar-refractivity contribution in [3.63, 3.8) is 0 Å². The lowest BCUT2D eigenvalue weighted by molar-refractivity contribution is -0.127. The van der Waals surface area contributed by atoms with Crippen LogP contribution in [0.25, 0.3) is 11.0 Å². The zero-order chi connectivity index (χ0) is 19.3. The lowest BCUT2D eigenvalue weighted by Crippen LogP contribution is -2.63. The highest BCUT2D eigenvalue weighted by Crippen LogP contribution is 2.33. The number of rotatable bonds is 3. The first-order chi connectivity index (χ1) is 13.6. The van der Waals surface area contributed by atoms with E-state index in [1.54, 1.807) is 19.4 Å². The predicted octanol–water partition coefficient (Wildman–Crippen LogP) is 2.00. The molecule has 9 nitrogen and oxygen atoms in total. The Balaban J connectivity index is 1.50. The number of hydrogen-bond acceptors (Lipinski definition) is 7. The van der Waals surface area contributed by atoms with E-state index in [2.05, 4.69) is 20.3 Å². The SMILES string of the molecule is CN1C(=O)NC(=O)C2C1N=C(Sc1nc3ccccc3[nH]1)N2Cc1ccco1. The second-order valence-electron chi connectivity index (χ2n) is 6.54. The first-order valence-electron chi connectivity index (χ1n) is 8.67. The molecule has 142 valence electrons. The van der Waals surface area contributed by atoms with Crippen LogP contribution in [-0.2, 0) is 11.3 Å². The summed E-state index contributed by atoms with van der Waals surface area (Å²) in [6.07, 6.45) is 0.992. The summed E-state index contributed by atoms with van der Waals surface area (Å²) in [4.78, 5) is 40.4. The van der Waals surface area contributed by atoms with Crippen LogP contribution in [0.1, 0.15) is 5.76 Å². The molecule has 3 aromatic rings. The van der Waals surface area contributed by atoms with Crippen LogP contribution in [0.5, 0.6) is 0 Å². The third kappa shape index (κ3) is 2.73. The van der Waals surface area contributed by atoms with Crippen LogP contribution in [0.15, 0.2) is 57.2 Å². The number of thioether (sulfide) groups is 1. The molecule has 2 N–H and O–H groups in total. The van der Waals surface area contributed by atoms with Crippen LogP contribution in [0.4, 0.5) is 4.79 Å². The number of carbonyl (C=O) groups is 2. The first kappa shape index (κ1) is 16.9. The lowest BCUT2D eigenvalue weighted by Gasteiger charge is -2.35. The summed E-state index contributed by atoms with van der Waals surface area (Å²) in [5.41, 5.74) is 1.77. The second kappa shape index (κ2) is 6.41. The molecule has 3 amide bonds. The quantitative estimate of drug-likeness (QED) is 0.701. The molecule has 0 saturated carbocycles. The Morgan fingerprint density at radius 3 is 2.86 bits per heavy atom. The summed E-state index contributed by atoms with van der Waals surface area (Å²) in [5.74, 6) is 0.328. The van der Waals surface area contributed by atoms with Crippen LogP contribution in [0.3, 0.4) is 0 Å². The number of aromatic amines is 1. The fourth-order valence-corrected chi connectivity index (χ4v) is 4.32. The van der Waals surface area contributed by atoms with Crippen LogP contribution < -0.4 is 5.32 Å². The maximum Gasteiger partial charge on any atom is 0.325 e. The number of benzene rings is 1. The van der Waals surface area contributed by atoms with Gasteiger partial charge in [-0.2, -0.15) is 0 Å². The Labute approximate surface area is 163 Å². The summed E-state index contributed by atoms with van der Waals surface area (Å²) in [6, 6.07) is 10.3. The highest BCUT2D eigenvalue weighted by Gasteiger charge is 2.49. The molecule has 1 saturated heterocycles. The van der Waals surface area contributed by atoms with Crippen molar-refractivity contribution in [1.82, 2.24) is 25.1 Å². The van der Waals surface area contributed by atoms with Gasteiger partial charge in [0.25, 0.3) is 5.91 Å². The highest BCUT2D eigenvalue weighted by molar-refractivity contribution is 8.13. The van der Waals surface area contributed by atoms with Crippen molar-refractivity contribution in [2.45, 2.75) is 23.9 Å². The minimum Gasteiger partial charge on any atom is -0.467 e. The average Bonchev–Trinajstić information content (AvgIpc) is 3.39. The topological polar surface area (TPSA) is 107 Å². The normalized spacial score (nSPS) is 21.8. The Bertz CT molecular complexity index is 1060. The van der Waals surface area contributed by atoms with Gasteiger partial charge in [0.2, 0.25) is 0 Å². The molecule has 1 aromatic carbocycles. The Morgan fingerprint density at radius 1 is 1.21 bits per heavy atom. The maximum atomic E-state index is 12.6. The molecule has 0 bridgehead atoms. The molecule has 2 aliphatic heterocycles. The smallest absolute Gasteiger partial charge is 0.325 e. The fraction of sp³-hybridized carbons (Fsp3) is 0.222. The van der Waals surface area contributed by atoms with Gasteiger partial charge >= 0.3 is 6.03 Å². The fourth-order valence-electron chi connectivity index (χ4n) is 3.39. The summed E-state index contributed by atoms with van der Waals surface area (Å²) >= 11 is 1.33. The van der Waals surface area contributed by atoms with E-state index in [0.29, 0.717) is 22.6 Å². The van der Waals surface area contributed by atoms with Crippen LogP contribution in [-0.4, -0.2) is 56.1 Å². The number of urea groups is 1. The number of furan rings is 1. The molecule has 4 heterocycles. The molecule has 0 spiro atoms. The molecule has 0 radical (unpaired) electrons. The Morgan fingerprint density at radius 2 is 2.07 bits per heavy atom. The van der Waals surface area contributed by atoms with E-state index < -0.39 is 18.2 Å². The number of imidazole rings is 1. The van der Waals surface area contributed by atoms with Crippen LogP contribution in [0.2, 0.25) is 0 Å². The number of aromatic nitrogens is 2. The molecule has 2 unspecified atom stereocenters. The van der Waals surface area contributed by atoms with E-state index in [9.17, 15) is 9.59 Å². The lowest BCUT2D eigenvalue weighted by atomic mass is 10.1. The third-order valence-electron chi connectivity index (χ3n) is 4.78. The van der Waals surface area contributed by atoms with Gasteiger partial charge in [0, 0.05) is 7.05 Å². The minimum atomic E-state index is -0.625. The number of imide groups is 1. The first-order valence-corrected chi connectivity index (χ1v) is 9.49. The molecule has 5 rings (SSSR count). The monoisotopic (exact) mass is 396 g/mol. The molecule has 2 atom stereocenters. The van der Waals surface area contributed by atoms with Crippen molar-refractivity contribution in [2.75, 3.05) is 7.05 Å². The minimum absolute atomic E-state index is 0.357. The molecule has 2 aliphatic rings. The number of H-pyrrole nitrogens is 1. The van der Waals surface area contributed by atoms with E-state index in [1.165, 1.54) is 16.7 Å². The number of para-hydroxylation sites is 2. The zero-order valence-electron chi connectivity index (χ0n) is 14.8. The van der Waals surface area contributed by atoms with Gasteiger partial charge in [0.05, 0.1) is 23.8 Å². The summed E-state index contributed by atoms with van der Waals surface area (Å²) < 4.78 is 5.46. The van der Waals surface area contributed by atoms with E-state index >= 15 is 0 Å². The maximum absolute atomic E-state index is 12.6. The van der Waals surface area contributed by atoms with Gasteiger partial charge in [0.15, 0.2) is 22.5 Å². The molecule has 0 aliphatic carbocycles. The van der Waals surface area contributed by atoms with Gasteiger partial charge in [-0.05, 0) is 36.0 Å². The third-order valence-corrected chi connectivity index (χ3v) is 5.69. The Kier molecular flexibility index (Phi) is 3.86. The van der Waals surface area contributed by atoms with E-state index in [1.807, 2.05) is 35.2 Å². The number of amides is 3. The summed E-state index contributed by atoms with van der Waals surface area (Å²) in [5, 5.41) is 3.65. The molecule has 10 heteroatoms. The van der Waals surface area contributed by atoms with E-state index in [-0.39, 0.29) is 5.91 Å². The van der Waals surface area contributed by atoms with Crippen LogP contribution in [0, 0.1) is 0 Å². The van der Waals surface area contributed by atoms with Crippen molar-refractivity contribution in [3.8, 4) is 0 Å². The van der Waals surface area contributed by atoms with Gasteiger partial charge in [-0.25, -0.2) is 14.8 Å². The second-order valence-corrected chi connectivity index (χ2v) is 7.50. The number of fused-ring (bicyclic) bond motifs is 2. The molecule has 2 aromatic heterocycles. The number of carbonyl (C=O) groups excluding carboxylic acids is 2. The Hall–Kier alpha value is -3.27. The number of likely N-dealkylation sites (N-methyl/N-ethyl adjacent to an activating group) is 1. The van der Waals surface area contributed by atoms with Crippen molar-refractivity contribution in [2.24, 2.45) is 4.99 Å². The standard InChI is InChI=1S/C18H16N6O3S/c1-23-14-13(15(25)22-17(23)26)24(9-10-5-4-8-27-10)18(21-14)28-16-19-11-6-2-3-7-12(11)20-16/h2-8,13-14H,9H2,1H3,(H,19,20)(H,22,25,26). The zero-order valence-corrected chi connectivity index (χ0v) is 15.6. The van der Waals surface area contributed by atoms with Gasteiger partial charge in [0.1, 0.15) is 5.76 Å². The van der Waals surface area contributed by atoms with Crippen molar-refractivity contribution < 1.29 is 14.0 Å². The van der Waals surface area contributed by atoms with Crippen molar-refractivity contribution >= 4 is 39.9 Å². The molecular weight excluding hydrogens is 380 g/mol. The van der Waals surface area contributed by atoms with Gasteiger partial charge < -0.3 is 19.2 Å². The van der Waals surface area contributed by atoms with Crippen molar-refractivity contribution in [3.05, 3.63) is 48.4 Å². The highest BCUT2D eigenvalue weighted by atomic mass is 32.2. The van der Waals surface area contributed by atoms with Gasteiger partial charge in [-0.3, -0.25) is 10.1 Å². The number of nitrogens with one attached hydrogen (secondary N) is 2. The summed E-state index contributed by atoms with van der Waals surface area (Å²) in [6.45, 7) is 0.357. The van der Waals surface area contributed by atoms with Crippen LogP contribution >= 0.6 is 11.8 Å². The molecule has 1 fully saturated rings. The number of amidine groups is 1. The number of nitrogens with zero attached hydrogens (tertiary/aromatic N) is 4. The van der Waals surface area contributed by atoms with Gasteiger partial charge in [-0.1, -0.05) is 12.1 Å². The number of hydrogen-bond donors (Lipinski definition) is 2.